The van der Waals surface area contributed by atoms with Crippen LogP contribution in [0.4, 0.5) is 10.2 Å². The predicted octanol–water partition coefficient (Wildman–Crippen LogP) is 0.356. The highest BCUT2D eigenvalue weighted by Crippen LogP contribution is 2.06. The standard InChI is InChI=1S/C8H9FN6/c1-15-6(13-5-14-15)4-12-8-7(9)10-2-3-11-8/h2-3,5H,4H2,1H3,(H,11,12). The molecule has 7 heteroatoms. The van der Waals surface area contributed by atoms with Gasteiger partial charge in [0, 0.05) is 19.4 Å². The molecule has 0 aliphatic rings. The number of halogens is 1. The molecular weight excluding hydrogens is 199 g/mol. The molecule has 2 aromatic heterocycles. The van der Waals surface area contributed by atoms with Crippen molar-refractivity contribution < 1.29 is 4.39 Å². The lowest BCUT2D eigenvalue weighted by Gasteiger charge is -2.04. The largest absolute Gasteiger partial charge is 0.359 e. The number of aromatic nitrogens is 5. The zero-order valence-corrected chi connectivity index (χ0v) is 8.05. The highest BCUT2D eigenvalue weighted by Gasteiger charge is 2.05. The van der Waals surface area contributed by atoms with Gasteiger partial charge in [-0.1, -0.05) is 0 Å². The molecule has 2 aromatic rings. The quantitative estimate of drug-likeness (QED) is 0.788. The average molecular weight is 208 g/mol. The van der Waals surface area contributed by atoms with E-state index in [1.807, 2.05) is 0 Å². The number of hydrogen-bond donors (Lipinski definition) is 1. The maximum atomic E-state index is 13.0. The zero-order valence-electron chi connectivity index (χ0n) is 8.05. The van der Waals surface area contributed by atoms with Gasteiger partial charge in [0.25, 0.3) is 5.95 Å². The lowest BCUT2D eigenvalue weighted by atomic mass is 10.5. The van der Waals surface area contributed by atoms with E-state index in [-0.39, 0.29) is 5.82 Å². The molecule has 0 aromatic carbocycles. The summed E-state index contributed by atoms with van der Waals surface area (Å²) in [5.74, 6) is 0.181. The van der Waals surface area contributed by atoms with E-state index in [1.54, 1.807) is 11.7 Å². The average Bonchev–Trinajstić information content (AvgIpc) is 2.63. The van der Waals surface area contributed by atoms with Gasteiger partial charge in [-0.3, -0.25) is 4.68 Å². The van der Waals surface area contributed by atoms with Crippen molar-refractivity contribution in [1.29, 1.82) is 0 Å². The second kappa shape index (κ2) is 3.99. The molecule has 0 saturated carbocycles. The van der Waals surface area contributed by atoms with Crippen molar-refractivity contribution in [2.45, 2.75) is 6.54 Å². The molecule has 0 saturated heterocycles. The SMILES string of the molecule is Cn1ncnc1CNc1nccnc1F. The molecule has 0 atom stereocenters. The minimum Gasteiger partial charge on any atom is -0.359 e. The van der Waals surface area contributed by atoms with E-state index in [0.717, 1.165) is 0 Å². The Morgan fingerprint density at radius 2 is 2.13 bits per heavy atom. The third kappa shape index (κ3) is 2.06. The lowest BCUT2D eigenvalue weighted by molar-refractivity contribution is 0.579. The summed E-state index contributed by atoms with van der Waals surface area (Å²) in [6.07, 6.45) is 4.15. The summed E-state index contributed by atoms with van der Waals surface area (Å²) in [6.45, 7) is 0.353. The molecule has 0 bridgehead atoms. The van der Waals surface area contributed by atoms with Gasteiger partial charge in [-0.2, -0.15) is 9.49 Å². The van der Waals surface area contributed by atoms with Crippen molar-refractivity contribution in [3.63, 3.8) is 0 Å². The van der Waals surface area contributed by atoms with Crippen LogP contribution in [-0.4, -0.2) is 24.7 Å². The van der Waals surface area contributed by atoms with Gasteiger partial charge in [0.05, 0.1) is 6.54 Å². The molecule has 0 radical (unpaired) electrons. The third-order valence-corrected chi connectivity index (χ3v) is 1.87. The maximum Gasteiger partial charge on any atom is 0.255 e. The van der Waals surface area contributed by atoms with Crippen LogP contribution in [0.1, 0.15) is 5.82 Å². The van der Waals surface area contributed by atoms with Gasteiger partial charge in [0.1, 0.15) is 12.2 Å². The Kier molecular flexibility index (Phi) is 2.53. The van der Waals surface area contributed by atoms with Crippen molar-refractivity contribution in [3.05, 3.63) is 30.5 Å². The van der Waals surface area contributed by atoms with E-state index in [4.69, 9.17) is 0 Å². The van der Waals surface area contributed by atoms with Gasteiger partial charge in [-0.15, -0.1) is 0 Å². The van der Waals surface area contributed by atoms with Crippen molar-refractivity contribution in [2.24, 2.45) is 7.05 Å². The predicted molar refractivity (Wildman–Crippen MR) is 50.3 cm³/mol. The van der Waals surface area contributed by atoms with Crippen molar-refractivity contribution >= 4 is 5.82 Å². The zero-order chi connectivity index (χ0) is 10.7. The van der Waals surface area contributed by atoms with Gasteiger partial charge >= 0.3 is 0 Å². The number of nitrogens with zero attached hydrogens (tertiary/aromatic N) is 5. The Morgan fingerprint density at radius 3 is 2.80 bits per heavy atom. The monoisotopic (exact) mass is 208 g/mol. The minimum absolute atomic E-state index is 0.112. The summed E-state index contributed by atoms with van der Waals surface area (Å²) >= 11 is 0. The van der Waals surface area contributed by atoms with Crippen LogP contribution in [0.2, 0.25) is 0 Å². The van der Waals surface area contributed by atoms with Crippen LogP contribution in [0, 0.1) is 5.95 Å². The summed E-state index contributed by atoms with van der Waals surface area (Å²) in [5, 5.41) is 6.67. The van der Waals surface area contributed by atoms with Crippen LogP contribution >= 0.6 is 0 Å². The van der Waals surface area contributed by atoms with Crippen LogP contribution in [0.5, 0.6) is 0 Å². The Balaban J connectivity index is 2.06. The first kappa shape index (κ1) is 9.50. The molecule has 6 nitrogen and oxygen atoms in total. The molecule has 0 amide bonds. The van der Waals surface area contributed by atoms with Crippen molar-refractivity contribution in [2.75, 3.05) is 5.32 Å². The number of rotatable bonds is 3. The molecule has 1 N–H and O–H groups in total. The number of hydrogen-bond acceptors (Lipinski definition) is 5. The Labute approximate surface area is 85.2 Å². The summed E-state index contributed by atoms with van der Waals surface area (Å²) < 4.78 is 14.6. The summed E-state index contributed by atoms with van der Waals surface area (Å²) in [5.41, 5.74) is 0. The molecule has 0 aliphatic carbocycles. The number of aryl methyl sites for hydroxylation is 1. The summed E-state index contributed by atoms with van der Waals surface area (Å²) in [4.78, 5) is 11.2. The first-order chi connectivity index (χ1) is 7.27. The van der Waals surface area contributed by atoms with E-state index in [0.29, 0.717) is 12.4 Å². The normalized spacial score (nSPS) is 10.3. The fraction of sp³-hybridized carbons (Fsp3) is 0.250. The van der Waals surface area contributed by atoms with Crippen LogP contribution in [0.15, 0.2) is 18.7 Å². The first-order valence-corrected chi connectivity index (χ1v) is 4.30. The van der Waals surface area contributed by atoms with E-state index in [9.17, 15) is 4.39 Å². The highest BCUT2D eigenvalue weighted by molar-refractivity contribution is 5.31. The number of anilines is 1. The van der Waals surface area contributed by atoms with Gasteiger partial charge in [-0.05, 0) is 0 Å². The minimum atomic E-state index is -0.625. The van der Waals surface area contributed by atoms with Crippen LogP contribution in [0.25, 0.3) is 0 Å². The van der Waals surface area contributed by atoms with Crippen LogP contribution in [-0.2, 0) is 13.6 Å². The van der Waals surface area contributed by atoms with Crippen LogP contribution in [0.3, 0.4) is 0 Å². The Morgan fingerprint density at radius 1 is 1.33 bits per heavy atom. The molecule has 78 valence electrons. The summed E-state index contributed by atoms with van der Waals surface area (Å²) in [6, 6.07) is 0. The van der Waals surface area contributed by atoms with E-state index in [1.165, 1.54) is 18.7 Å². The Hall–Kier alpha value is -2.05. The summed E-state index contributed by atoms with van der Waals surface area (Å²) in [7, 11) is 1.76. The molecule has 0 aliphatic heterocycles. The van der Waals surface area contributed by atoms with E-state index >= 15 is 0 Å². The molecule has 15 heavy (non-hydrogen) atoms. The Bertz CT molecular complexity index is 454. The first-order valence-electron chi connectivity index (χ1n) is 4.30. The molecule has 2 heterocycles. The third-order valence-electron chi connectivity index (χ3n) is 1.87. The highest BCUT2D eigenvalue weighted by atomic mass is 19.1. The molecule has 2 rings (SSSR count). The van der Waals surface area contributed by atoms with E-state index < -0.39 is 5.95 Å². The number of nitrogens with one attached hydrogen (secondary N) is 1. The van der Waals surface area contributed by atoms with E-state index in [2.05, 4.69) is 25.4 Å². The lowest BCUT2D eigenvalue weighted by Crippen LogP contribution is -2.09. The smallest absolute Gasteiger partial charge is 0.255 e. The molecular formula is C8H9FN6. The second-order valence-electron chi connectivity index (χ2n) is 2.85. The second-order valence-corrected chi connectivity index (χ2v) is 2.85. The topological polar surface area (TPSA) is 68.5 Å². The molecule has 0 spiro atoms. The fourth-order valence-electron chi connectivity index (χ4n) is 1.08. The van der Waals surface area contributed by atoms with Gasteiger partial charge < -0.3 is 5.32 Å². The molecule has 0 fully saturated rings. The molecule has 0 unspecified atom stereocenters. The van der Waals surface area contributed by atoms with Gasteiger partial charge in [0.2, 0.25) is 0 Å². The van der Waals surface area contributed by atoms with Gasteiger partial charge in [-0.25, -0.2) is 15.0 Å². The maximum absolute atomic E-state index is 13.0. The fourth-order valence-corrected chi connectivity index (χ4v) is 1.08. The van der Waals surface area contributed by atoms with Gasteiger partial charge in [0.15, 0.2) is 5.82 Å². The van der Waals surface area contributed by atoms with Crippen molar-refractivity contribution in [3.8, 4) is 0 Å². The van der Waals surface area contributed by atoms with Crippen molar-refractivity contribution in [1.82, 2.24) is 24.7 Å². The van der Waals surface area contributed by atoms with Crippen LogP contribution < -0.4 is 5.32 Å².